The normalized spacial score (nSPS) is 11.1. The number of nitrogens with zero attached hydrogens (tertiary/aromatic N) is 1. The number of hydrogen-bond acceptors (Lipinski definition) is 5. The molecule has 0 saturated carbocycles. The van der Waals surface area contributed by atoms with Crippen LogP contribution in [-0.2, 0) is 0 Å². The molecule has 3 N–H and O–H groups in total. The van der Waals surface area contributed by atoms with Gasteiger partial charge in [-0.1, -0.05) is 48.0 Å². The van der Waals surface area contributed by atoms with E-state index in [0.29, 0.717) is 33.5 Å². The van der Waals surface area contributed by atoms with Gasteiger partial charge in [0.05, 0.1) is 11.4 Å². The molecule has 7 heteroatoms. The van der Waals surface area contributed by atoms with Gasteiger partial charge in [-0.05, 0) is 56.2 Å². The molecule has 0 bridgehead atoms. The van der Waals surface area contributed by atoms with Crippen molar-refractivity contribution in [3.05, 3.63) is 100 Å². The highest BCUT2D eigenvalue weighted by atomic mass is 16.3. The number of amides is 1. The number of hydrogen-bond donors (Lipinski definition) is 3. The Balaban J connectivity index is 1.51. The summed E-state index contributed by atoms with van der Waals surface area (Å²) >= 11 is 0. The van der Waals surface area contributed by atoms with Gasteiger partial charge in [-0.3, -0.25) is 14.7 Å². The van der Waals surface area contributed by atoms with Gasteiger partial charge in [0.2, 0.25) is 5.78 Å². The number of phenols is 1. The van der Waals surface area contributed by atoms with Crippen molar-refractivity contribution in [2.45, 2.75) is 20.8 Å². The van der Waals surface area contributed by atoms with Crippen molar-refractivity contribution in [2.24, 2.45) is 0 Å². The number of carbonyl (C=O) groups excluding carboxylic acids is 2. The van der Waals surface area contributed by atoms with Crippen LogP contribution in [0.5, 0.6) is 5.75 Å². The summed E-state index contributed by atoms with van der Waals surface area (Å²) in [5, 5.41) is 20.9. The van der Waals surface area contributed by atoms with E-state index in [1.165, 1.54) is 0 Å². The minimum atomic E-state index is -0.489. The molecule has 0 radical (unpaired) electrons. The predicted octanol–water partition coefficient (Wildman–Crippen LogP) is 5.94. The molecule has 2 aromatic heterocycles. The number of anilines is 1. The van der Waals surface area contributed by atoms with Crippen molar-refractivity contribution < 1.29 is 19.1 Å². The van der Waals surface area contributed by atoms with Gasteiger partial charge in [0, 0.05) is 16.5 Å². The fourth-order valence-corrected chi connectivity index (χ4v) is 4.08. The lowest BCUT2D eigenvalue weighted by molar-refractivity contribution is 0.101. The summed E-state index contributed by atoms with van der Waals surface area (Å²) in [4.78, 5) is 26.4. The fourth-order valence-electron chi connectivity index (χ4n) is 4.08. The Bertz CT molecular complexity index is 1590. The van der Waals surface area contributed by atoms with E-state index in [1.54, 1.807) is 36.4 Å². The summed E-state index contributed by atoms with van der Waals surface area (Å²) in [6.45, 7) is 5.67. The number of para-hydroxylation sites is 1. The third-order valence-electron chi connectivity index (χ3n) is 5.90. The highest BCUT2D eigenvalue weighted by molar-refractivity contribution is 6.18. The third kappa shape index (κ3) is 4.08. The lowest BCUT2D eigenvalue weighted by Crippen LogP contribution is -2.14. The van der Waals surface area contributed by atoms with E-state index in [2.05, 4.69) is 15.5 Å². The smallest absolute Gasteiger partial charge is 0.273 e. The summed E-state index contributed by atoms with van der Waals surface area (Å²) in [6, 6.07) is 19.5. The predicted molar refractivity (Wildman–Crippen MR) is 134 cm³/mol. The minimum absolute atomic E-state index is 0.0510. The van der Waals surface area contributed by atoms with Crippen molar-refractivity contribution in [2.75, 3.05) is 5.32 Å². The largest absolute Gasteiger partial charge is 0.507 e. The summed E-state index contributed by atoms with van der Waals surface area (Å²) in [6.07, 6.45) is 0. The highest BCUT2D eigenvalue weighted by Crippen LogP contribution is 2.34. The van der Waals surface area contributed by atoms with Crippen LogP contribution in [-0.4, -0.2) is 27.0 Å². The average Bonchev–Trinajstić information content (AvgIpc) is 3.47. The average molecular weight is 466 g/mol. The number of aryl methyl sites for hydroxylation is 3. The van der Waals surface area contributed by atoms with Crippen LogP contribution in [0.1, 0.15) is 43.3 Å². The number of carbonyl (C=O) groups is 2. The number of furan rings is 1. The van der Waals surface area contributed by atoms with Gasteiger partial charge >= 0.3 is 0 Å². The Hall–Kier alpha value is -4.65. The van der Waals surface area contributed by atoms with E-state index in [-0.39, 0.29) is 23.0 Å². The fraction of sp³-hybridized carbons (Fsp3) is 0.107. The molecule has 0 atom stereocenters. The van der Waals surface area contributed by atoms with Gasteiger partial charge < -0.3 is 14.8 Å². The second-order valence-electron chi connectivity index (χ2n) is 8.60. The number of nitrogens with one attached hydrogen (secondary N) is 2. The zero-order valence-electron chi connectivity index (χ0n) is 19.5. The summed E-state index contributed by atoms with van der Waals surface area (Å²) in [5.41, 5.74) is 5.10. The van der Waals surface area contributed by atoms with E-state index in [9.17, 15) is 14.7 Å². The standard InChI is InChI=1S/C28H23N3O4/c1-15-8-10-18(11-9-15)26(33)27-24(19-6-4-5-7-23(19)35-27)29-28(34)22-14-21(30-31-22)20-13-16(2)12-17(3)25(20)32/h4-14,32H,1-3H3,(H,29,34)(H,30,31). The molecule has 0 fully saturated rings. The van der Waals surface area contributed by atoms with Crippen LogP contribution in [0.15, 0.2) is 71.1 Å². The minimum Gasteiger partial charge on any atom is -0.507 e. The molecule has 7 nitrogen and oxygen atoms in total. The van der Waals surface area contributed by atoms with E-state index in [1.807, 2.05) is 51.1 Å². The number of ketones is 1. The van der Waals surface area contributed by atoms with Crippen LogP contribution in [0, 0.1) is 20.8 Å². The number of rotatable bonds is 5. The van der Waals surface area contributed by atoms with Crippen molar-refractivity contribution in [3.8, 4) is 17.0 Å². The maximum atomic E-state index is 13.3. The zero-order valence-corrected chi connectivity index (χ0v) is 19.5. The summed E-state index contributed by atoms with van der Waals surface area (Å²) in [7, 11) is 0. The summed E-state index contributed by atoms with van der Waals surface area (Å²) < 4.78 is 5.88. The maximum absolute atomic E-state index is 13.3. The van der Waals surface area contributed by atoms with Gasteiger partial charge in [0.1, 0.15) is 17.0 Å². The van der Waals surface area contributed by atoms with Crippen molar-refractivity contribution in [1.29, 1.82) is 0 Å². The Kier molecular flexibility index (Phi) is 5.45. The molecule has 1 amide bonds. The number of aromatic amines is 1. The van der Waals surface area contributed by atoms with Crippen molar-refractivity contribution >= 4 is 28.3 Å². The molecular weight excluding hydrogens is 442 g/mol. The number of fused-ring (bicyclic) bond motifs is 1. The van der Waals surface area contributed by atoms with Crippen LogP contribution in [0.25, 0.3) is 22.2 Å². The molecular formula is C28H23N3O4. The van der Waals surface area contributed by atoms with Crippen LogP contribution in [0.3, 0.4) is 0 Å². The first kappa shape index (κ1) is 22.2. The van der Waals surface area contributed by atoms with Gasteiger partial charge in [-0.25, -0.2) is 0 Å². The zero-order chi connectivity index (χ0) is 24.7. The Morgan fingerprint density at radius 3 is 2.46 bits per heavy atom. The molecule has 0 aliphatic heterocycles. The van der Waals surface area contributed by atoms with Crippen molar-refractivity contribution in [1.82, 2.24) is 10.2 Å². The molecule has 0 aliphatic rings. The SMILES string of the molecule is Cc1ccc(C(=O)c2oc3ccccc3c2NC(=O)c2cc(-c3cc(C)cc(C)c3O)n[nH]2)cc1. The number of benzene rings is 3. The quantitative estimate of drug-likeness (QED) is 0.279. The Labute approximate surface area is 201 Å². The van der Waals surface area contributed by atoms with Crippen LogP contribution in [0.2, 0.25) is 0 Å². The molecule has 0 spiro atoms. The molecule has 35 heavy (non-hydrogen) atoms. The molecule has 5 rings (SSSR count). The van der Waals surface area contributed by atoms with E-state index in [0.717, 1.165) is 16.7 Å². The molecule has 0 aliphatic carbocycles. The lowest BCUT2D eigenvalue weighted by Gasteiger charge is -2.06. The number of H-pyrrole nitrogens is 1. The van der Waals surface area contributed by atoms with Crippen LogP contribution >= 0.6 is 0 Å². The topological polar surface area (TPSA) is 108 Å². The molecule has 3 aromatic carbocycles. The van der Waals surface area contributed by atoms with Gasteiger partial charge in [0.15, 0.2) is 5.76 Å². The molecule has 2 heterocycles. The number of phenolic OH excluding ortho intramolecular Hbond substituents is 1. The van der Waals surface area contributed by atoms with E-state index < -0.39 is 5.91 Å². The molecule has 174 valence electrons. The number of aromatic hydroxyl groups is 1. The first-order chi connectivity index (χ1) is 16.8. The van der Waals surface area contributed by atoms with Crippen LogP contribution < -0.4 is 5.32 Å². The van der Waals surface area contributed by atoms with E-state index >= 15 is 0 Å². The van der Waals surface area contributed by atoms with Crippen LogP contribution in [0.4, 0.5) is 5.69 Å². The van der Waals surface area contributed by atoms with Crippen molar-refractivity contribution in [3.63, 3.8) is 0 Å². The lowest BCUT2D eigenvalue weighted by atomic mass is 10.0. The first-order valence-corrected chi connectivity index (χ1v) is 11.1. The highest BCUT2D eigenvalue weighted by Gasteiger charge is 2.24. The van der Waals surface area contributed by atoms with Gasteiger partial charge in [-0.15, -0.1) is 0 Å². The molecule has 5 aromatic rings. The second kappa shape index (κ2) is 8.61. The van der Waals surface area contributed by atoms with Gasteiger partial charge in [-0.2, -0.15) is 5.10 Å². The Morgan fingerprint density at radius 1 is 0.943 bits per heavy atom. The summed E-state index contributed by atoms with van der Waals surface area (Å²) in [5.74, 6) is -0.657. The first-order valence-electron chi connectivity index (χ1n) is 11.1. The molecule has 0 unspecified atom stereocenters. The maximum Gasteiger partial charge on any atom is 0.273 e. The van der Waals surface area contributed by atoms with Gasteiger partial charge in [0.25, 0.3) is 5.91 Å². The Morgan fingerprint density at radius 2 is 1.69 bits per heavy atom. The molecule has 0 saturated heterocycles. The monoisotopic (exact) mass is 465 g/mol. The second-order valence-corrected chi connectivity index (χ2v) is 8.60. The third-order valence-corrected chi connectivity index (χ3v) is 5.90. The number of aromatic nitrogens is 2. The van der Waals surface area contributed by atoms with E-state index in [4.69, 9.17) is 4.42 Å².